The SMILES string of the molecule is C[C@@](N)(Cc1ccccc1)C1=NN=C(CN2C=NCN2)C1. The molecule has 0 bridgehead atoms. The van der Waals surface area contributed by atoms with E-state index in [0.29, 0.717) is 13.2 Å². The van der Waals surface area contributed by atoms with Crippen LogP contribution >= 0.6 is 0 Å². The van der Waals surface area contributed by atoms with Gasteiger partial charge in [-0.15, -0.1) is 0 Å². The topological polar surface area (TPSA) is 78.4 Å². The fourth-order valence-electron chi connectivity index (χ4n) is 2.53. The van der Waals surface area contributed by atoms with Crippen LogP contribution in [0.4, 0.5) is 0 Å². The lowest BCUT2D eigenvalue weighted by Gasteiger charge is -2.25. The van der Waals surface area contributed by atoms with Crippen molar-refractivity contribution in [2.45, 2.75) is 25.3 Å². The van der Waals surface area contributed by atoms with Gasteiger partial charge in [0.25, 0.3) is 0 Å². The van der Waals surface area contributed by atoms with Gasteiger partial charge in [-0.2, -0.15) is 10.2 Å². The van der Waals surface area contributed by atoms with E-state index in [1.54, 1.807) is 6.34 Å². The first-order valence-electron chi connectivity index (χ1n) is 7.09. The standard InChI is InChI=1S/C15H20N6/c1-15(16,8-12-5-3-2-4-6-12)14-7-13(19-20-14)9-21-11-17-10-18-21/h2-6,11,18H,7-10,16H2,1H3/t15-/m1/s1. The van der Waals surface area contributed by atoms with Crippen molar-refractivity contribution in [1.82, 2.24) is 10.4 Å². The quantitative estimate of drug-likeness (QED) is 0.845. The third-order valence-corrected chi connectivity index (χ3v) is 3.70. The van der Waals surface area contributed by atoms with Gasteiger partial charge in [0.1, 0.15) is 13.0 Å². The van der Waals surface area contributed by atoms with Gasteiger partial charge in [0.15, 0.2) is 0 Å². The zero-order valence-corrected chi connectivity index (χ0v) is 12.2. The summed E-state index contributed by atoms with van der Waals surface area (Å²) in [5, 5.41) is 10.5. The number of nitrogens with zero attached hydrogens (tertiary/aromatic N) is 4. The number of hydrogen-bond acceptors (Lipinski definition) is 6. The van der Waals surface area contributed by atoms with Gasteiger partial charge in [-0.1, -0.05) is 30.3 Å². The Morgan fingerprint density at radius 3 is 2.81 bits per heavy atom. The van der Waals surface area contributed by atoms with E-state index >= 15 is 0 Å². The molecule has 1 aromatic carbocycles. The molecule has 2 heterocycles. The molecule has 0 radical (unpaired) electrons. The monoisotopic (exact) mass is 284 g/mol. The summed E-state index contributed by atoms with van der Waals surface area (Å²) in [4.78, 5) is 4.10. The number of nitrogens with two attached hydrogens (primary N) is 1. The second-order valence-electron chi connectivity index (χ2n) is 5.71. The molecule has 0 saturated heterocycles. The summed E-state index contributed by atoms with van der Waals surface area (Å²) in [6, 6.07) is 10.3. The van der Waals surface area contributed by atoms with E-state index in [9.17, 15) is 0 Å². The zero-order valence-electron chi connectivity index (χ0n) is 12.2. The van der Waals surface area contributed by atoms with Crippen LogP contribution in [0.1, 0.15) is 18.9 Å². The number of aliphatic imine (C=N–C) groups is 1. The van der Waals surface area contributed by atoms with Crippen LogP contribution in [0.15, 0.2) is 45.5 Å². The Hall–Kier alpha value is -2.05. The lowest BCUT2D eigenvalue weighted by atomic mass is 9.87. The summed E-state index contributed by atoms with van der Waals surface area (Å²) in [7, 11) is 0. The van der Waals surface area contributed by atoms with E-state index in [-0.39, 0.29) is 0 Å². The van der Waals surface area contributed by atoms with Gasteiger partial charge in [0.05, 0.1) is 23.5 Å². The molecule has 0 unspecified atom stereocenters. The Kier molecular flexibility index (Phi) is 3.81. The molecule has 6 nitrogen and oxygen atoms in total. The Balaban J connectivity index is 1.59. The molecule has 3 N–H and O–H groups in total. The highest BCUT2D eigenvalue weighted by Gasteiger charge is 2.30. The smallest absolute Gasteiger partial charge is 0.107 e. The molecule has 1 aromatic rings. The largest absolute Gasteiger partial charge is 0.320 e. The van der Waals surface area contributed by atoms with Gasteiger partial charge >= 0.3 is 0 Å². The van der Waals surface area contributed by atoms with Gasteiger partial charge < -0.3 is 5.73 Å². The van der Waals surface area contributed by atoms with Gasteiger partial charge in [-0.3, -0.25) is 10.0 Å². The first-order chi connectivity index (χ1) is 10.1. The molecule has 0 aromatic heterocycles. The number of hydrazine groups is 1. The Morgan fingerprint density at radius 2 is 2.10 bits per heavy atom. The molecule has 3 rings (SSSR count). The van der Waals surface area contributed by atoms with Gasteiger partial charge in [0.2, 0.25) is 0 Å². The molecule has 21 heavy (non-hydrogen) atoms. The molecule has 0 spiro atoms. The van der Waals surface area contributed by atoms with Crippen LogP contribution < -0.4 is 11.2 Å². The van der Waals surface area contributed by atoms with Crippen LogP contribution in [0.2, 0.25) is 0 Å². The minimum Gasteiger partial charge on any atom is -0.320 e. The van der Waals surface area contributed by atoms with E-state index in [1.165, 1.54) is 5.56 Å². The number of benzene rings is 1. The van der Waals surface area contributed by atoms with Crippen molar-refractivity contribution in [1.29, 1.82) is 0 Å². The highest BCUT2D eigenvalue weighted by molar-refractivity contribution is 6.12. The average Bonchev–Trinajstić information content (AvgIpc) is 3.12. The average molecular weight is 284 g/mol. The maximum absolute atomic E-state index is 6.46. The summed E-state index contributed by atoms with van der Waals surface area (Å²) in [5.41, 5.74) is 12.3. The fraction of sp³-hybridized carbons (Fsp3) is 0.400. The van der Waals surface area contributed by atoms with Crippen LogP contribution in [0.3, 0.4) is 0 Å². The predicted octanol–water partition coefficient (Wildman–Crippen LogP) is 0.953. The first-order valence-corrected chi connectivity index (χ1v) is 7.09. The first kappa shape index (κ1) is 13.9. The molecular weight excluding hydrogens is 264 g/mol. The van der Waals surface area contributed by atoms with Crippen LogP contribution in [0.5, 0.6) is 0 Å². The lowest BCUT2D eigenvalue weighted by molar-refractivity contribution is 0.392. The molecular formula is C15H20N6. The molecule has 0 saturated carbocycles. The van der Waals surface area contributed by atoms with Crippen LogP contribution in [-0.4, -0.2) is 41.5 Å². The van der Waals surface area contributed by atoms with Crippen molar-refractivity contribution in [2.75, 3.05) is 13.2 Å². The minimum atomic E-state index is -0.473. The third-order valence-electron chi connectivity index (χ3n) is 3.70. The second-order valence-corrected chi connectivity index (χ2v) is 5.71. The summed E-state index contributed by atoms with van der Waals surface area (Å²) in [6.07, 6.45) is 3.27. The van der Waals surface area contributed by atoms with E-state index in [0.717, 1.165) is 24.3 Å². The predicted molar refractivity (Wildman–Crippen MR) is 85.4 cm³/mol. The lowest BCUT2D eigenvalue weighted by Crippen LogP contribution is -2.47. The maximum Gasteiger partial charge on any atom is 0.107 e. The molecule has 6 heteroatoms. The maximum atomic E-state index is 6.46. The minimum absolute atomic E-state index is 0.473. The highest BCUT2D eigenvalue weighted by atomic mass is 15.6. The van der Waals surface area contributed by atoms with Crippen molar-refractivity contribution in [3.05, 3.63) is 35.9 Å². The summed E-state index contributed by atoms with van der Waals surface area (Å²) >= 11 is 0. The highest BCUT2D eigenvalue weighted by Crippen LogP contribution is 2.18. The van der Waals surface area contributed by atoms with Gasteiger partial charge in [-0.05, 0) is 18.9 Å². The van der Waals surface area contributed by atoms with Crippen molar-refractivity contribution in [2.24, 2.45) is 20.9 Å². The summed E-state index contributed by atoms with van der Waals surface area (Å²) in [6.45, 7) is 3.34. The Labute approximate surface area is 124 Å². The molecule has 0 fully saturated rings. The van der Waals surface area contributed by atoms with Crippen molar-refractivity contribution in [3.63, 3.8) is 0 Å². The van der Waals surface area contributed by atoms with Crippen LogP contribution in [-0.2, 0) is 6.42 Å². The Morgan fingerprint density at radius 1 is 1.29 bits per heavy atom. The van der Waals surface area contributed by atoms with Gasteiger partial charge in [-0.25, -0.2) is 5.43 Å². The second kappa shape index (κ2) is 5.75. The molecule has 0 amide bonds. The van der Waals surface area contributed by atoms with E-state index in [4.69, 9.17) is 5.73 Å². The van der Waals surface area contributed by atoms with Crippen molar-refractivity contribution >= 4 is 17.8 Å². The van der Waals surface area contributed by atoms with Gasteiger partial charge in [0, 0.05) is 6.42 Å². The third kappa shape index (κ3) is 3.34. The van der Waals surface area contributed by atoms with Crippen LogP contribution in [0.25, 0.3) is 0 Å². The summed E-state index contributed by atoms with van der Waals surface area (Å²) in [5.74, 6) is 0. The normalized spacial score (nSPS) is 20.4. The summed E-state index contributed by atoms with van der Waals surface area (Å²) < 4.78 is 0. The number of rotatable bonds is 5. The van der Waals surface area contributed by atoms with E-state index in [1.807, 2.05) is 30.1 Å². The van der Waals surface area contributed by atoms with Crippen molar-refractivity contribution < 1.29 is 0 Å². The molecule has 110 valence electrons. The molecule has 0 aliphatic carbocycles. The fourth-order valence-corrected chi connectivity index (χ4v) is 2.53. The van der Waals surface area contributed by atoms with Crippen molar-refractivity contribution in [3.8, 4) is 0 Å². The van der Waals surface area contributed by atoms with E-state index < -0.39 is 5.54 Å². The molecule has 1 atom stereocenters. The van der Waals surface area contributed by atoms with E-state index in [2.05, 4.69) is 32.8 Å². The molecule has 2 aliphatic heterocycles. The number of hydrogen-bond donors (Lipinski definition) is 2. The molecule has 2 aliphatic rings. The Bertz CT molecular complexity index is 587. The van der Waals surface area contributed by atoms with Crippen LogP contribution in [0, 0.1) is 0 Å². The zero-order chi connectivity index (χ0) is 14.7. The number of nitrogens with one attached hydrogen (secondary N) is 1.